The second kappa shape index (κ2) is 4.71. The van der Waals surface area contributed by atoms with Gasteiger partial charge in [-0.05, 0) is 35.9 Å². The van der Waals surface area contributed by atoms with Gasteiger partial charge in [-0.3, -0.25) is 0 Å². The highest BCUT2D eigenvalue weighted by Crippen LogP contribution is 2.24. The zero-order chi connectivity index (χ0) is 14.1. The van der Waals surface area contributed by atoms with Crippen molar-refractivity contribution < 1.29 is 4.39 Å². The Balaban J connectivity index is 2.10. The summed E-state index contributed by atoms with van der Waals surface area (Å²) in [4.78, 5) is 0. The molecule has 0 spiro atoms. The molecule has 0 amide bonds. The van der Waals surface area contributed by atoms with E-state index in [9.17, 15) is 9.65 Å². The molecule has 2 N–H and O–H groups in total. The molecular weight excluding hydrogens is 253 g/mol. The number of nitriles is 1. The highest BCUT2D eigenvalue weighted by atomic mass is 19.1. The van der Waals surface area contributed by atoms with Crippen LogP contribution < -0.4 is 5.73 Å². The normalized spacial score (nSPS) is 10.6. The Kier molecular flexibility index (Phi) is 2.88. The standard InChI is InChI=1S/C16H12FN3/c17-13-3-1-2-11(6-13)9-20-10-12(8-18)15-7-14(19)4-5-16(15)20/h1-7,10H,9,19H2. The molecule has 0 bridgehead atoms. The van der Waals surface area contributed by atoms with Crippen molar-refractivity contribution in [3.8, 4) is 6.07 Å². The van der Waals surface area contributed by atoms with Crippen LogP contribution >= 0.6 is 0 Å². The van der Waals surface area contributed by atoms with Gasteiger partial charge in [0.15, 0.2) is 0 Å². The topological polar surface area (TPSA) is 54.7 Å². The van der Waals surface area contributed by atoms with Crippen LogP contribution in [0.25, 0.3) is 10.9 Å². The van der Waals surface area contributed by atoms with E-state index in [4.69, 9.17) is 5.73 Å². The van der Waals surface area contributed by atoms with Gasteiger partial charge in [0.2, 0.25) is 0 Å². The molecule has 0 saturated carbocycles. The van der Waals surface area contributed by atoms with Crippen LogP contribution in [-0.4, -0.2) is 4.57 Å². The number of nitrogens with two attached hydrogens (primary N) is 1. The van der Waals surface area contributed by atoms with E-state index < -0.39 is 0 Å². The molecule has 0 aliphatic carbocycles. The summed E-state index contributed by atoms with van der Waals surface area (Å²) in [6.07, 6.45) is 1.77. The summed E-state index contributed by atoms with van der Waals surface area (Å²) < 4.78 is 15.2. The average molecular weight is 265 g/mol. The van der Waals surface area contributed by atoms with Crippen molar-refractivity contribution in [3.63, 3.8) is 0 Å². The monoisotopic (exact) mass is 265 g/mol. The lowest BCUT2D eigenvalue weighted by molar-refractivity contribution is 0.624. The third-order valence-electron chi connectivity index (χ3n) is 3.27. The quantitative estimate of drug-likeness (QED) is 0.723. The molecule has 0 aliphatic rings. The number of halogens is 1. The van der Waals surface area contributed by atoms with Gasteiger partial charge in [-0.15, -0.1) is 0 Å². The minimum atomic E-state index is -0.260. The summed E-state index contributed by atoms with van der Waals surface area (Å²) in [6.45, 7) is 0.514. The third-order valence-corrected chi connectivity index (χ3v) is 3.27. The molecule has 0 aliphatic heterocycles. The molecule has 4 heteroatoms. The smallest absolute Gasteiger partial charge is 0.123 e. The molecule has 3 nitrogen and oxygen atoms in total. The fourth-order valence-corrected chi connectivity index (χ4v) is 2.37. The van der Waals surface area contributed by atoms with Crippen molar-refractivity contribution in [2.75, 3.05) is 5.73 Å². The van der Waals surface area contributed by atoms with E-state index in [1.807, 2.05) is 16.7 Å². The number of aromatic nitrogens is 1. The van der Waals surface area contributed by atoms with Crippen molar-refractivity contribution in [2.45, 2.75) is 6.54 Å². The summed E-state index contributed by atoms with van der Waals surface area (Å²) in [5, 5.41) is 10.0. The van der Waals surface area contributed by atoms with Gasteiger partial charge >= 0.3 is 0 Å². The SMILES string of the molecule is N#Cc1cn(Cc2cccc(F)c2)c2ccc(N)cc12. The Morgan fingerprint density at radius 2 is 2.05 bits per heavy atom. The number of benzene rings is 2. The van der Waals surface area contributed by atoms with Crippen molar-refractivity contribution in [1.82, 2.24) is 4.57 Å². The number of hydrogen-bond donors (Lipinski definition) is 1. The van der Waals surface area contributed by atoms with E-state index in [0.717, 1.165) is 16.5 Å². The molecule has 0 atom stereocenters. The highest BCUT2D eigenvalue weighted by molar-refractivity contribution is 5.89. The number of fused-ring (bicyclic) bond motifs is 1. The lowest BCUT2D eigenvalue weighted by Gasteiger charge is -2.06. The predicted octanol–water partition coefficient (Wildman–Crippen LogP) is 3.28. The number of nitrogen functional groups attached to an aromatic ring is 1. The zero-order valence-corrected chi connectivity index (χ0v) is 10.7. The Morgan fingerprint density at radius 3 is 2.80 bits per heavy atom. The van der Waals surface area contributed by atoms with Crippen LogP contribution in [0.2, 0.25) is 0 Å². The summed E-state index contributed by atoms with van der Waals surface area (Å²) in [6, 6.07) is 14.1. The zero-order valence-electron chi connectivity index (χ0n) is 10.7. The van der Waals surface area contributed by atoms with Crippen LogP contribution in [0, 0.1) is 17.1 Å². The van der Waals surface area contributed by atoms with Crippen LogP contribution in [0.15, 0.2) is 48.7 Å². The molecule has 2 aromatic carbocycles. The first kappa shape index (κ1) is 12.2. The van der Waals surface area contributed by atoms with Crippen LogP contribution in [0.5, 0.6) is 0 Å². The molecule has 20 heavy (non-hydrogen) atoms. The van der Waals surface area contributed by atoms with Gasteiger partial charge in [-0.1, -0.05) is 12.1 Å². The second-order valence-electron chi connectivity index (χ2n) is 4.69. The highest BCUT2D eigenvalue weighted by Gasteiger charge is 2.09. The second-order valence-corrected chi connectivity index (χ2v) is 4.69. The molecule has 1 heterocycles. The molecule has 0 unspecified atom stereocenters. The molecule has 0 radical (unpaired) electrons. The average Bonchev–Trinajstić information content (AvgIpc) is 2.76. The number of rotatable bonds is 2. The molecule has 3 aromatic rings. The number of nitrogens with zero attached hydrogens (tertiary/aromatic N) is 2. The Hall–Kier alpha value is -2.80. The van der Waals surface area contributed by atoms with Crippen molar-refractivity contribution >= 4 is 16.6 Å². The molecule has 0 saturated heterocycles. The van der Waals surface area contributed by atoms with Gasteiger partial charge in [-0.2, -0.15) is 5.26 Å². The van der Waals surface area contributed by atoms with Gasteiger partial charge in [-0.25, -0.2) is 4.39 Å². The van der Waals surface area contributed by atoms with Crippen LogP contribution in [0.3, 0.4) is 0 Å². The van der Waals surface area contributed by atoms with E-state index >= 15 is 0 Å². The van der Waals surface area contributed by atoms with Crippen molar-refractivity contribution in [3.05, 3.63) is 65.6 Å². The fourth-order valence-electron chi connectivity index (χ4n) is 2.37. The molecule has 0 fully saturated rings. The summed E-state index contributed by atoms with van der Waals surface area (Å²) in [5.41, 5.74) is 8.72. The molecule has 1 aromatic heterocycles. The van der Waals surface area contributed by atoms with Gasteiger partial charge in [0.1, 0.15) is 11.9 Å². The maximum atomic E-state index is 13.2. The maximum absolute atomic E-state index is 13.2. The van der Waals surface area contributed by atoms with Gasteiger partial charge in [0.05, 0.1) is 5.56 Å². The van der Waals surface area contributed by atoms with E-state index in [1.54, 1.807) is 24.4 Å². The van der Waals surface area contributed by atoms with E-state index in [1.165, 1.54) is 12.1 Å². The number of anilines is 1. The summed E-state index contributed by atoms with van der Waals surface area (Å²) in [7, 11) is 0. The maximum Gasteiger partial charge on any atom is 0.123 e. The van der Waals surface area contributed by atoms with Gasteiger partial charge in [0, 0.05) is 29.3 Å². The van der Waals surface area contributed by atoms with E-state index in [2.05, 4.69) is 6.07 Å². The predicted molar refractivity (Wildman–Crippen MR) is 76.6 cm³/mol. The van der Waals surface area contributed by atoms with Gasteiger partial charge < -0.3 is 10.3 Å². The van der Waals surface area contributed by atoms with Gasteiger partial charge in [0.25, 0.3) is 0 Å². The first-order valence-corrected chi connectivity index (χ1v) is 6.20. The van der Waals surface area contributed by atoms with E-state index in [0.29, 0.717) is 17.8 Å². The Bertz CT molecular complexity index is 827. The lowest BCUT2D eigenvalue weighted by atomic mass is 10.1. The van der Waals surface area contributed by atoms with Crippen LogP contribution in [0.1, 0.15) is 11.1 Å². The number of hydrogen-bond acceptors (Lipinski definition) is 2. The lowest BCUT2D eigenvalue weighted by Crippen LogP contribution is -1.98. The first-order valence-electron chi connectivity index (χ1n) is 6.20. The van der Waals surface area contributed by atoms with Crippen LogP contribution in [-0.2, 0) is 6.54 Å². The molecule has 3 rings (SSSR count). The van der Waals surface area contributed by atoms with Crippen molar-refractivity contribution in [1.29, 1.82) is 5.26 Å². The molecule has 98 valence electrons. The largest absolute Gasteiger partial charge is 0.399 e. The van der Waals surface area contributed by atoms with E-state index in [-0.39, 0.29) is 5.82 Å². The van der Waals surface area contributed by atoms with Crippen LogP contribution in [0.4, 0.5) is 10.1 Å². The summed E-state index contributed by atoms with van der Waals surface area (Å²) in [5.74, 6) is -0.260. The Labute approximate surface area is 115 Å². The minimum Gasteiger partial charge on any atom is -0.399 e. The molecular formula is C16H12FN3. The minimum absolute atomic E-state index is 0.260. The Morgan fingerprint density at radius 1 is 1.20 bits per heavy atom. The first-order chi connectivity index (χ1) is 9.67. The van der Waals surface area contributed by atoms with Crippen molar-refractivity contribution in [2.24, 2.45) is 0 Å². The third kappa shape index (κ3) is 2.10. The fraction of sp³-hybridized carbons (Fsp3) is 0.0625. The summed E-state index contributed by atoms with van der Waals surface area (Å²) >= 11 is 0.